The molecule has 1 saturated heterocycles. The molecule has 1 amide bonds. The van der Waals surface area contributed by atoms with Gasteiger partial charge in [-0.2, -0.15) is 9.44 Å². The Balaban J connectivity index is 2.05. The summed E-state index contributed by atoms with van der Waals surface area (Å²) in [7, 11) is 1.30. The van der Waals surface area contributed by atoms with Crippen LogP contribution in [-0.2, 0) is 11.2 Å². The number of hydrogen-bond acceptors (Lipinski definition) is 2. The summed E-state index contributed by atoms with van der Waals surface area (Å²) in [4.78, 5) is 16.6. The molecule has 116 valence electrons. The molecule has 0 unspecified atom stereocenters. The third-order valence-electron chi connectivity index (χ3n) is 3.56. The Morgan fingerprint density at radius 2 is 1.86 bits per heavy atom. The summed E-state index contributed by atoms with van der Waals surface area (Å²) in [6, 6.07) is 8.24. The lowest BCUT2D eigenvalue weighted by Crippen LogP contribution is -2.47. The number of piperazine rings is 1. The first-order valence-electron chi connectivity index (χ1n) is 7.35. The van der Waals surface area contributed by atoms with E-state index in [2.05, 4.69) is 48.0 Å². The van der Waals surface area contributed by atoms with Gasteiger partial charge in [0.05, 0.1) is 6.42 Å². The Kier molecular flexibility index (Phi) is 5.15. The maximum absolute atomic E-state index is 12.4. The van der Waals surface area contributed by atoms with Gasteiger partial charge >= 0.3 is 0 Å². The van der Waals surface area contributed by atoms with Gasteiger partial charge in [0, 0.05) is 31.7 Å². The summed E-state index contributed by atoms with van der Waals surface area (Å²) in [5, 5.41) is 3.53. The summed E-state index contributed by atoms with van der Waals surface area (Å²) in [5.74, 6) is 0.239. The van der Waals surface area contributed by atoms with Crippen molar-refractivity contribution >= 4 is 15.3 Å². The molecule has 0 spiro atoms. The Hall–Kier alpha value is -1.22. The van der Waals surface area contributed by atoms with Crippen LogP contribution >= 0.6 is 9.44 Å². The van der Waals surface area contributed by atoms with Crippen molar-refractivity contribution in [2.24, 2.45) is 0 Å². The van der Waals surface area contributed by atoms with Crippen LogP contribution in [0.3, 0.4) is 0 Å². The number of amides is 1. The van der Waals surface area contributed by atoms with Crippen molar-refractivity contribution in [2.75, 3.05) is 52.0 Å². The van der Waals surface area contributed by atoms with Crippen LogP contribution < -0.4 is 0 Å². The van der Waals surface area contributed by atoms with Crippen LogP contribution in [0.15, 0.2) is 24.3 Å². The minimum atomic E-state index is -0.800. The van der Waals surface area contributed by atoms with Crippen molar-refractivity contribution < 1.29 is 4.79 Å². The van der Waals surface area contributed by atoms with E-state index in [0.29, 0.717) is 6.42 Å². The number of rotatable bonds is 2. The van der Waals surface area contributed by atoms with E-state index in [-0.39, 0.29) is 5.91 Å². The summed E-state index contributed by atoms with van der Waals surface area (Å²) in [6.45, 7) is 3.64. The molecule has 0 N–H and O–H groups in total. The number of likely N-dealkylation sites (N-methyl/N-ethyl adjacent to an activating group) is 1. The Labute approximate surface area is 129 Å². The summed E-state index contributed by atoms with van der Waals surface area (Å²) in [5.41, 5.74) is 2.20. The van der Waals surface area contributed by atoms with Crippen LogP contribution in [0.2, 0.25) is 0 Å². The number of carbonyl (C=O) groups excluding carboxylic acids is 1. The van der Waals surface area contributed by atoms with Gasteiger partial charge in [-0.1, -0.05) is 17.3 Å². The van der Waals surface area contributed by atoms with Crippen LogP contribution in [0.4, 0.5) is 0 Å². The monoisotopic (exact) mass is 306 g/mol. The molecule has 0 radical (unpaired) electrons. The molecule has 0 atom stereocenters. The predicted molar refractivity (Wildman–Crippen MR) is 92.6 cm³/mol. The van der Waals surface area contributed by atoms with E-state index in [9.17, 15) is 4.79 Å². The standard InChI is InChI=1S/C17H26N2OS/c1-18-8-10-19(11-9-18)17(20)13-15-6-5-7-16(12-15)14-21(2,3)4/h5-7,12H,8-11,13H2,1-4H3. The molecule has 1 heterocycles. The molecule has 0 saturated carbocycles. The minimum Gasteiger partial charge on any atom is -0.340 e. The van der Waals surface area contributed by atoms with Crippen LogP contribution in [-0.4, -0.2) is 67.7 Å². The molecule has 1 aliphatic heterocycles. The minimum absolute atomic E-state index is 0.239. The Morgan fingerprint density at radius 3 is 2.48 bits per heavy atom. The lowest BCUT2D eigenvalue weighted by Gasteiger charge is -2.32. The molecule has 0 bridgehead atoms. The van der Waals surface area contributed by atoms with Gasteiger partial charge in [-0.05, 0) is 43.5 Å². The molecule has 1 aliphatic rings. The second kappa shape index (κ2) is 6.69. The molecule has 0 aromatic heterocycles. The molecule has 1 aromatic rings. The number of nitrogens with zero attached hydrogens (tertiary/aromatic N) is 2. The summed E-state index contributed by atoms with van der Waals surface area (Å²) < 4.78 is 0. The molecular formula is C17H26N2OS. The first-order valence-corrected chi connectivity index (χ1v) is 10.2. The van der Waals surface area contributed by atoms with E-state index >= 15 is 0 Å². The topological polar surface area (TPSA) is 23.6 Å². The lowest BCUT2D eigenvalue weighted by molar-refractivity contribution is -0.132. The lowest BCUT2D eigenvalue weighted by atomic mass is 10.1. The zero-order valence-electron chi connectivity index (χ0n) is 13.6. The number of hydrogen-bond donors (Lipinski definition) is 0. The fourth-order valence-electron chi connectivity index (χ4n) is 2.44. The van der Waals surface area contributed by atoms with Gasteiger partial charge in [0.2, 0.25) is 5.91 Å². The van der Waals surface area contributed by atoms with Crippen molar-refractivity contribution in [1.82, 2.24) is 9.80 Å². The van der Waals surface area contributed by atoms with E-state index in [4.69, 9.17) is 0 Å². The largest absolute Gasteiger partial charge is 0.340 e. The van der Waals surface area contributed by atoms with Crippen LogP contribution in [0, 0.1) is 5.18 Å². The summed E-state index contributed by atoms with van der Waals surface area (Å²) in [6.07, 6.45) is 7.15. The zero-order valence-corrected chi connectivity index (χ0v) is 14.4. The average Bonchev–Trinajstić information content (AvgIpc) is 2.37. The second-order valence-electron chi connectivity index (χ2n) is 6.50. The van der Waals surface area contributed by atoms with Crippen molar-refractivity contribution in [3.8, 4) is 5.18 Å². The number of benzene rings is 1. The fourth-order valence-corrected chi connectivity index (χ4v) is 3.27. The first kappa shape index (κ1) is 16.2. The van der Waals surface area contributed by atoms with Gasteiger partial charge in [0.1, 0.15) is 0 Å². The van der Waals surface area contributed by atoms with Crippen molar-refractivity contribution in [3.63, 3.8) is 0 Å². The fraction of sp³-hybridized carbons (Fsp3) is 0.529. The normalized spacial score (nSPS) is 16.7. The highest BCUT2D eigenvalue weighted by molar-refractivity contribution is 8.22. The highest BCUT2D eigenvalue weighted by Gasteiger charge is 2.18. The highest BCUT2D eigenvalue weighted by atomic mass is 32.2. The van der Waals surface area contributed by atoms with Crippen LogP contribution in [0.1, 0.15) is 11.1 Å². The molecule has 3 nitrogen and oxygen atoms in total. The third-order valence-corrected chi connectivity index (χ3v) is 4.41. The predicted octanol–water partition coefficient (Wildman–Crippen LogP) is 2.00. The maximum atomic E-state index is 12.4. The second-order valence-corrected chi connectivity index (χ2v) is 10.4. The van der Waals surface area contributed by atoms with Gasteiger partial charge in [-0.25, -0.2) is 0 Å². The van der Waals surface area contributed by atoms with Gasteiger partial charge in [0.15, 0.2) is 0 Å². The SMILES string of the molecule is CN1CCN(C(=O)Cc2cccc(C#S(C)(C)C)c2)CC1. The summed E-state index contributed by atoms with van der Waals surface area (Å²) >= 11 is 0. The van der Waals surface area contributed by atoms with Crippen LogP contribution in [0.25, 0.3) is 0 Å². The first-order chi connectivity index (χ1) is 9.83. The van der Waals surface area contributed by atoms with Crippen molar-refractivity contribution in [3.05, 3.63) is 35.4 Å². The molecule has 2 rings (SSSR count). The van der Waals surface area contributed by atoms with Gasteiger partial charge in [-0.3, -0.25) is 4.79 Å². The molecule has 4 heteroatoms. The molecular weight excluding hydrogens is 280 g/mol. The Bertz CT molecular complexity index is 611. The van der Waals surface area contributed by atoms with Gasteiger partial charge in [0.25, 0.3) is 0 Å². The van der Waals surface area contributed by atoms with Gasteiger partial charge < -0.3 is 9.80 Å². The van der Waals surface area contributed by atoms with Crippen molar-refractivity contribution in [2.45, 2.75) is 6.42 Å². The highest BCUT2D eigenvalue weighted by Crippen LogP contribution is 2.19. The number of carbonyl (C=O) groups is 1. The molecule has 1 fully saturated rings. The van der Waals surface area contributed by atoms with Crippen LogP contribution in [0.5, 0.6) is 0 Å². The quantitative estimate of drug-likeness (QED) is 0.834. The van der Waals surface area contributed by atoms with E-state index in [1.165, 1.54) is 0 Å². The van der Waals surface area contributed by atoms with E-state index in [1.807, 2.05) is 17.0 Å². The van der Waals surface area contributed by atoms with Crippen molar-refractivity contribution in [1.29, 1.82) is 0 Å². The van der Waals surface area contributed by atoms with Gasteiger partial charge in [-0.15, -0.1) is 0 Å². The maximum Gasteiger partial charge on any atom is 0.227 e. The van der Waals surface area contributed by atoms with E-state index < -0.39 is 9.44 Å². The molecule has 0 aliphatic carbocycles. The average molecular weight is 306 g/mol. The zero-order chi connectivity index (χ0) is 15.5. The Morgan fingerprint density at radius 1 is 1.19 bits per heavy atom. The smallest absolute Gasteiger partial charge is 0.227 e. The molecule has 1 aromatic carbocycles. The third kappa shape index (κ3) is 5.24. The van der Waals surface area contributed by atoms with E-state index in [0.717, 1.165) is 37.3 Å². The van der Waals surface area contributed by atoms with E-state index in [1.54, 1.807) is 0 Å². The molecule has 21 heavy (non-hydrogen) atoms.